The predicted octanol–water partition coefficient (Wildman–Crippen LogP) is 7.65. The highest BCUT2D eigenvalue weighted by atomic mass is 16.5. The van der Waals surface area contributed by atoms with E-state index in [-0.39, 0.29) is 5.92 Å². The second-order valence-electron chi connectivity index (χ2n) is 8.25. The molecule has 0 bridgehead atoms. The quantitative estimate of drug-likeness (QED) is 0.145. The first-order valence-electron chi connectivity index (χ1n) is 11.3. The lowest BCUT2D eigenvalue weighted by atomic mass is 9.81. The van der Waals surface area contributed by atoms with Crippen LogP contribution >= 0.6 is 0 Å². The maximum absolute atomic E-state index is 10.7. The minimum absolute atomic E-state index is 0.287. The highest BCUT2D eigenvalue weighted by Crippen LogP contribution is 2.35. The number of allylic oxidation sites excluding steroid dienone is 7. The van der Waals surface area contributed by atoms with Crippen LogP contribution in [0.25, 0.3) is 11.1 Å². The number of benzene rings is 1. The Bertz CT molecular complexity index is 810. The van der Waals surface area contributed by atoms with Crippen molar-refractivity contribution >= 4 is 23.8 Å². The standard InChI is InChI=1S/C28H39NO2/c1-7-22(6)28(26(17-18-31-20-30)12-10-11-21(4)5)27(9-3)25-15-13-24(14-16-25)23(8-2)19-29/h7-9,13-16,19-21,26,29H,3,10-12,17-18H2,1-2,4-6H3/b22-7-,23-8+,28-27-,29-19?. The normalized spacial score (nSPS) is 14.1. The van der Waals surface area contributed by atoms with Crippen molar-refractivity contribution in [3.05, 3.63) is 71.3 Å². The van der Waals surface area contributed by atoms with Crippen molar-refractivity contribution in [3.8, 4) is 0 Å². The summed E-state index contributed by atoms with van der Waals surface area (Å²) in [5.74, 6) is 0.957. The van der Waals surface area contributed by atoms with Gasteiger partial charge in [-0.1, -0.05) is 81.3 Å². The minimum atomic E-state index is 0.287. The molecule has 0 aromatic heterocycles. The zero-order valence-corrected chi connectivity index (χ0v) is 19.9. The van der Waals surface area contributed by atoms with E-state index in [4.69, 9.17) is 10.1 Å². The molecule has 1 aromatic rings. The topological polar surface area (TPSA) is 50.2 Å². The van der Waals surface area contributed by atoms with E-state index < -0.39 is 0 Å². The molecule has 3 nitrogen and oxygen atoms in total. The summed E-state index contributed by atoms with van der Waals surface area (Å²) >= 11 is 0. The molecule has 0 aliphatic rings. The van der Waals surface area contributed by atoms with Gasteiger partial charge in [-0.2, -0.15) is 0 Å². The van der Waals surface area contributed by atoms with Crippen LogP contribution in [0.5, 0.6) is 0 Å². The molecule has 0 aliphatic carbocycles. The molecule has 0 amide bonds. The fourth-order valence-corrected chi connectivity index (χ4v) is 3.93. The molecule has 168 valence electrons. The van der Waals surface area contributed by atoms with Crippen LogP contribution in [-0.4, -0.2) is 19.3 Å². The van der Waals surface area contributed by atoms with Gasteiger partial charge in [-0.15, -0.1) is 0 Å². The van der Waals surface area contributed by atoms with E-state index in [1.165, 1.54) is 23.8 Å². The Morgan fingerprint density at radius 1 is 1.06 bits per heavy atom. The second kappa shape index (κ2) is 14.3. The average Bonchev–Trinajstić information content (AvgIpc) is 2.77. The minimum Gasteiger partial charge on any atom is -0.468 e. The van der Waals surface area contributed by atoms with Gasteiger partial charge in [0.1, 0.15) is 0 Å². The van der Waals surface area contributed by atoms with Crippen LogP contribution in [0.4, 0.5) is 0 Å². The number of carbonyl (C=O) groups is 1. The monoisotopic (exact) mass is 421 g/mol. The van der Waals surface area contributed by atoms with Gasteiger partial charge in [-0.3, -0.25) is 4.79 Å². The smallest absolute Gasteiger partial charge is 0.293 e. The molecule has 0 spiro atoms. The van der Waals surface area contributed by atoms with E-state index in [9.17, 15) is 4.79 Å². The van der Waals surface area contributed by atoms with Crippen molar-refractivity contribution in [3.63, 3.8) is 0 Å². The summed E-state index contributed by atoms with van der Waals surface area (Å²) in [6.45, 7) is 15.7. The molecule has 1 atom stereocenters. The lowest BCUT2D eigenvalue weighted by Gasteiger charge is -2.25. The maximum atomic E-state index is 10.7. The number of hydrogen-bond donors (Lipinski definition) is 1. The van der Waals surface area contributed by atoms with Crippen LogP contribution in [-0.2, 0) is 9.53 Å². The Morgan fingerprint density at radius 2 is 1.71 bits per heavy atom. The van der Waals surface area contributed by atoms with Gasteiger partial charge >= 0.3 is 0 Å². The molecular formula is C28H39NO2. The van der Waals surface area contributed by atoms with Crippen LogP contribution in [0.3, 0.4) is 0 Å². The zero-order chi connectivity index (χ0) is 23.2. The summed E-state index contributed by atoms with van der Waals surface area (Å²) in [7, 11) is 0. The Kier molecular flexibility index (Phi) is 12.2. The third kappa shape index (κ3) is 8.16. The number of rotatable bonds is 14. The SMILES string of the molecule is C=C/C(=C(\C(C)=C/C)C(CCCC(C)C)CCOC=O)c1ccc(/C(C=N)=C/C)cc1. The average molecular weight is 422 g/mol. The first-order valence-corrected chi connectivity index (χ1v) is 11.3. The predicted molar refractivity (Wildman–Crippen MR) is 134 cm³/mol. The Labute approximate surface area is 189 Å². The molecule has 1 N–H and O–H groups in total. The molecule has 0 radical (unpaired) electrons. The van der Waals surface area contributed by atoms with E-state index in [0.29, 0.717) is 19.0 Å². The molecule has 31 heavy (non-hydrogen) atoms. The molecule has 0 fully saturated rings. The van der Waals surface area contributed by atoms with Gasteiger partial charge < -0.3 is 10.1 Å². The van der Waals surface area contributed by atoms with Crippen LogP contribution in [0.15, 0.2) is 60.2 Å². The summed E-state index contributed by atoms with van der Waals surface area (Å²) in [4.78, 5) is 10.7. The van der Waals surface area contributed by atoms with Crippen molar-refractivity contribution in [2.45, 2.75) is 60.3 Å². The largest absolute Gasteiger partial charge is 0.468 e. The van der Waals surface area contributed by atoms with Crippen molar-refractivity contribution < 1.29 is 9.53 Å². The summed E-state index contributed by atoms with van der Waals surface area (Å²) in [6.07, 6.45) is 11.6. The fourth-order valence-electron chi connectivity index (χ4n) is 3.93. The first kappa shape index (κ1) is 26.4. The molecule has 0 heterocycles. The van der Waals surface area contributed by atoms with Crippen LogP contribution in [0, 0.1) is 17.2 Å². The highest BCUT2D eigenvalue weighted by Gasteiger charge is 2.20. The maximum Gasteiger partial charge on any atom is 0.293 e. The van der Waals surface area contributed by atoms with Crippen LogP contribution in [0.2, 0.25) is 0 Å². The molecule has 1 aromatic carbocycles. The first-order chi connectivity index (χ1) is 14.9. The number of hydrogen-bond acceptors (Lipinski definition) is 3. The lowest BCUT2D eigenvalue weighted by molar-refractivity contribution is -0.128. The van der Waals surface area contributed by atoms with Gasteiger partial charge in [0.25, 0.3) is 6.47 Å². The fraction of sp³-hybridized carbons (Fsp3) is 0.429. The zero-order valence-electron chi connectivity index (χ0n) is 19.9. The van der Waals surface area contributed by atoms with Crippen LogP contribution in [0.1, 0.15) is 71.4 Å². The van der Waals surface area contributed by atoms with E-state index >= 15 is 0 Å². The molecule has 0 saturated heterocycles. The Balaban J connectivity index is 3.45. The second-order valence-corrected chi connectivity index (χ2v) is 8.25. The van der Waals surface area contributed by atoms with E-state index in [2.05, 4.69) is 64.6 Å². The third-order valence-corrected chi connectivity index (χ3v) is 5.74. The summed E-state index contributed by atoms with van der Waals surface area (Å²) in [5, 5.41) is 7.59. The molecule has 3 heteroatoms. The summed E-state index contributed by atoms with van der Waals surface area (Å²) < 4.78 is 5.06. The number of carbonyl (C=O) groups excluding carboxylic acids is 1. The summed E-state index contributed by atoms with van der Waals surface area (Å²) in [5.41, 5.74) is 6.68. The van der Waals surface area contributed by atoms with E-state index in [1.54, 1.807) is 0 Å². The van der Waals surface area contributed by atoms with Gasteiger partial charge in [-0.05, 0) is 73.3 Å². The van der Waals surface area contributed by atoms with Crippen LogP contribution < -0.4 is 0 Å². The highest BCUT2D eigenvalue weighted by molar-refractivity contribution is 6.08. The molecule has 1 rings (SSSR count). The Hall–Kier alpha value is -2.68. The van der Waals surface area contributed by atoms with E-state index in [0.717, 1.165) is 41.5 Å². The molecule has 1 unspecified atom stereocenters. The van der Waals surface area contributed by atoms with Crippen molar-refractivity contribution in [2.75, 3.05) is 6.61 Å². The Morgan fingerprint density at radius 3 is 2.19 bits per heavy atom. The van der Waals surface area contributed by atoms with Crippen molar-refractivity contribution in [2.24, 2.45) is 11.8 Å². The van der Waals surface area contributed by atoms with Crippen molar-refractivity contribution in [1.82, 2.24) is 0 Å². The van der Waals surface area contributed by atoms with Crippen molar-refractivity contribution in [1.29, 1.82) is 5.41 Å². The molecule has 0 saturated carbocycles. The van der Waals surface area contributed by atoms with Gasteiger partial charge in [0, 0.05) is 6.21 Å². The molecule has 0 aliphatic heterocycles. The van der Waals surface area contributed by atoms with Gasteiger partial charge in [-0.25, -0.2) is 0 Å². The molecular weight excluding hydrogens is 382 g/mol. The number of nitrogens with one attached hydrogen (secondary N) is 1. The lowest BCUT2D eigenvalue weighted by Crippen LogP contribution is -2.12. The van der Waals surface area contributed by atoms with Gasteiger partial charge in [0.15, 0.2) is 0 Å². The third-order valence-electron chi connectivity index (χ3n) is 5.74. The summed E-state index contributed by atoms with van der Waals surface area (Å²) in [6, 6.07) is 8.33. The van der Waals surface area contributed by atoms with Gasteiger partial charge in [0.2, 0.25) is 0 Å². The van der Waals surface area contributed by atoms with Gasteiger partial charge in [0.05, 0.1) is 6.61 Å². The number of ether oxygens (including phenoxy) is 1. The van der Waals surface area contributed by atoms with E-state index in [1.807, 2.05) is 19.1 Å².